The van der Waals surface area contributed by atoms with Crippen LogP contribution in [-0.2, 0) is 18.3 Å². The number of para-hydroxylation sites is 1. The van der Waals surface area contributed by atoms with Crippen LogP contribution in [0.1, 0.15) is 0 Å². The molecule has 1 saturated heterocycles. The van der Waals surface area contributed by atoms with E-state index in [0.717, 1.165) is 42.6 Å². The lowest BCUT2D eigenvalue weighted by Crippen LogP contribution is -2.44. The van der Waals surface area contributed by atoms with E-state index in [4.69, 9.17) is 14.7 Å². The van der Waals surface area contributed by atoms with E-state index in [-0.39, 0.29) is 5.56 Å². The number of benzene rings is 1. The van der Waals surface area contributed by atoms with E-state index in [2.05, 4.69) is 15.2 Å². The van der Waals surface area contributed by atoms with Crippen LogP contribution in [0, 0.1) is 0 Å². The fourth-order valence-corrected chi connectivity index (χ4v) is 4.14. The second kappa shape index (κ2) is 8.09. The van der Waals surface area contributed by atoms with Crippen LogP contribution >= 0.6 is 0 Å². The van der Waals surface area contributed by atoms with Crippen molar-refractivity contribution in [2.75, 3.05) is 44.8 Å². The van der Waals surface area contributed by atoms with Gasteiger partial charge in [-0.1, -0.05) is 18.2 Å². The standard InChI is InChI=1S/C22H25N7O2/c1-27-14-16(15-5-3-4-6-18(15)27)19-21(30)29(11-12-31-2)20-17(25-19)13-24-22(26-20)28-9-7-23-8-10-28/h3-6,13-14,23H,7-12H2,1-2H3. The number of methoxy groups -OCH3 is 1. The zero-order valence-corrected chi connectivity index (χ0v) is 17.7. The van der Waals surface area contributed by atoms with Crippen LogP contribution in [0.4, 0.5) is 5.95 Å². The van der Waals surface area contributed by atoms with Crippen molar-refractivity contribution >= 4 is 28.0 Å². The van der Waals surface area contributed by atoms with Gasteiger partial charge in [0.15, 0.2) is 5.65 Å². The van der Waals surface area contributed by atoms with Crippen molar-refractivity contribution < 1.29 is 4.74 Å². The first kappa shape index (κ1) is 19.7. The summed E-state index contributed by atoms with van der Waals surface area (Å²) >= 11 is 0. The molecule has 31 heavy (non-hydrogen) atoms. The van der Waals surface area contributed by atoms with Gasteiger partial charge in [-0.25, -0.2) is 9.97 Å². The number of hydrogen-bond acceptors (Lipinski definition) is 7. The fourth-order valence-electron chi connectivity index (χ4n) is 4.14. The minimum Gasteiger partial charge on any atom is -0.383 e. The molecule has 0 unspecified atom stereocenters. The highest BCUT2D eigenvalue weighted by atomic mass is 16.5. The number of nitrogens with one attached hydrogen (secondary N) is 1. The van der Waals surface area contributed by atoms with Gasteiger partial charge in [0.1, 0.15) is 11.2 Å². The normalized spacial score (nSPS) is 14.6. The van der Waals surface area contributed by atoms with Gasteiger partial charge in [0.2, 0.25) is 5.95 Å². The molecule has 5 rings (SSSR count). The third-order valence-corrected chi connectivity index (χ3v) is 5.74. The molecule has 4 heterocycles. The average Bonchev–Trinajstić information content (AvgIpc) is 3.15. The Morgan fingerprint density at radius 1 is 1.16 bits per heavy atom. The first-order valence-electron chi connectivity index (χ1n) is 10.4. The summed E-state index contributed by atoms with van der Waals surface area (Å²) in [6.07, 6.45) is 3.67. The third kappa shape index (κ3) is 3.45. The molecule has 0 spiro atoms. The molecule has 160 valence electrons. The Kier molecular flexibility index (Phi) is 5.13. The predicted molar refractivity (Wildman–Crippen MR) is 120 cm³/mol. The van der Waals surface area contributed by atoms with Crippen molar-refractivity contribution in [3.05, 3.63) is 47.0 Å². The second-order valence-corrected chi connectivity index (χ2v) is 7.70. The van der Waals surface area contributed by atoms with Crippen molar-refractivity contribution in [2.45, 2.75) is 6.54 Å². The molecule has 0 atom stereocenters. The highest BCUT2D eigenvalue weighted by molar-refractivity contribution is 5.95. The molecule has 0 bridgehead atoms. The van der Waals surface area contributed by atoms with Crippen LogP contribution in [0.15, 0.2) is 41.5 Å². The van der Waals surface area contributed by atoms with E-state index in [0.29, 0.717) is 36.0 Å². The number of nitrogens with zero attached hydrogens (tertiary/aromatic N) is 6. The van der Waals surface area contributed by atoms with Crippen LogP contribution in [-0.4, -0.2) is 64.0 Å². The van der Waals surface area contributed by atoms with E-state index in [1.54, 1.807) is 17.9 Å². The summed E-state index contributed by atoms with van der Waals surface area (Å²) in [4.78, 5) is 29.7. The molecule has 9 heteroatoms. The quantitative estimate of drug-likeness (QED) is 0.523. The van der Waals surface area contributed by atoms with Crippen molar-refractivity contribution in [3.63, 3.8) is 0 Å². The van der Waals surface area contributed by atoms with Gasteiger partial charge in [0.25, 0.3) is 5.56 Å². The summed E-state index contributed by atoms with van der Waals surface area (Å²) in [5.74, 6) is 0.624. The average molecular weight is 419 g/mol. The first-order valence-corrected chi connectivity index (χ1v) is 10.4. The number of fused-ring (bicyclic) bond motifs is 2. The van der Waals surface area contributed by atoms with E-state index >= 15 is 0 Å². The fraction of sp³-hybridized carbons (Fsp3) is 0.364. The summed E-state index contributed by atoms with van der Waals surface area (Å²) in [7, 11) is 3.60. The van der Waals surface area contributed by atoms with Gasteiger partial charge < -0.3 is 19.5 Å². The Morgan fingerprint density at radius 3 is 2.77 bits per heavy atom. The van der Waals surface area contributed by atoms with Gasteiger partial charge in [0.05, 0.1) is 19.3 Å². The zero-order chi connectivity index (χ0) is 21.4. The topological polar surface area (TPSA) is 90.1 Å². The van der Waals surface area contributed by atoms with Gasteiger partial charge in [-0.2, -0.15) is 4.98 Å². The Hall–Kier alpha value is -3.30. The number of aromatic nitrogens is 5. The van der Waals surface area contributed by atoms with Crippen molar-refractivity contribution in [1.29, 1.82) is 0 Å². The maximum atomic E-state index is 13.6. The minimum absolute atomic E-state index is 0.175. The maximum absolute atomic E-state index is 13.6. The molecule has 1 aliphatic rings. The molecule has 9 nitrogen and oxygen atoms in total. The Labute approximate surface area is 179 Å². The lowest BCUT2D eigenvalue weighted by atomic mass is 10.1. The van der Waals surface area contributed by atoms with Gasteiger partial charge in [-0.3, -0.25) is 9.36 Å². The molecule has 0 saturated carbocycles. The summed E-state index contributed by atoms with van der Waals surface area (Å²) in [5.41, 5.74) is 3.21. The molecule has 1 fully saturated rings. The lowest BCUT2D eigenvalue weighted by Gasteiger charge is -2.27. The van der Waals surface area contributed by atoms with E-state index in [1.807, 2.05) is 42.1 Å². The zero-order valence-electron chi connectivity index (χ0n) is 17.7. The number of anilines is 1. The summed E-state index contributed by atoms with van der Waals surface area (Å²) < 4.78 is 8.95. The molecule has 1 aliphatic heterocycles. The van der Waals surface area contributed by atoms with Crippen molar-refractivity contribution in [2.24, 2.45) is 7.05 Å². The van der Waals surface area contributed by atoms with Crippen molar-refractivity contribution in [3.8, 4) is 11.3 Å². The Bertz CT molecular complexity index is 1300. The molecule has 0 radical (unpaired) electrons. The molecule has 0 amide bonds. The largest absolute Gasteiger partial charge is 0.383 e. The van der Waals surface area contributed by atoms with E-state index < -0.39 is 0 Å². The lowest BCUT2D eigenvalue weighted by molar-refractivity contribution is 0.187. The highest BCUT2D eigenvalue weighted by Gasteiger charge is 2.20. The first-order chi connectivity index (χ1) is 15.2. The summed E-state index contributed by atoms with van der Waals surface area (Å²) in [5, 5.41) is 4.32. The van der Waals surface area contributed by atoms with Crippen molar-refractivity contribution in [1.82, 2.24) is 29.4 Å². The Morgan fingerprint density at radius 2 is 1.97 bits per heavy atom. The minimum atomic E-state index is -0.175. The molecular formula is C22H25N7O2. The van der Waals surface area contributed by atoms with Crippen LogP contribution in [0.5, 0.6) is 0 Å². The predicted octanol–water partition coefficient (Wildman–Crippen LogP) is 1.40. The number of aryl methyl sites for hydroxylation is 1. The van der Waals surface area contributed by atoms with Crippen LogP contribution in [0.2, 0.25) is 0 Å². The van der Waals surface area contributed by atoms with Crippen LogP contribution in [0.3, 0.4) is 0 Å². The third-order valence-electron chi connectivity index (χ3n) is 5.74. The number of ether oxygens (including phenoxy) is 1. The van der Waals surface area contributed by atoms with Gasteiger partial charge in [-0.15, -0.1) is 0 Å². The molecule has 3 aromatic heterocycles. The molecule has 1 aromatic carbocycles. The van der Waals surface area contributed by atoms with E-state index in [9.17, 15) is 4.79 Å². The number of hydrogen-bond donors (Lipinski definition) is 1. The molecular weight excluding hydrogens is 394 g/mol. The van der Waals surface area contributed by atoms with Gasteiger partial charge in [-0.05, 0) is 6.07 Å². The maximum Gasteiger partial charge on any atom is 0.278 e. The van der Waals surface area contributed by atoms with Crippen LogP contribution < -0.4 is 15.8 Å². The molecule has 4 aromatic rings. The number of piperazine rings is 1. The summed E-state index contributed by atoms with van der Waals surface area (Å²) in [6, 6.07) is 8.01. The molecule has 1 N–H and O–H groups in total. The monoisotopic (exact) mass is 419 g/mol. The van der Waals surface area contributed by atoms with Crippen LogP contribution in [0.25, 0.3) is 33.3 Å². The second-order valence-electron chi connectivity index (χ2n) is 7.70. The number of rotatable bonds is 5. The summed E-state index contributed by atoms with van der Waals surface area (Å²) in [6.45, 7) is 4.22. The van der Waals surface area contributed by atoms with E-state index in [1.165, 1.54) is 0 Å². The highest BCUT2D eigenvalue weighted by Crippen LogP contribution is 2.28. The van der Waals surface area contributed by atoms with Gasteiger partial charge >= 0.3 is 0 Å². The molecule has 0 aliphatic carbocycles. The van der Waals surface area contributed by atoms with Gasteiger partial charge in [0, 0.05) is 63.0 Å². The Balaban J connectivity index is 1.71. The smallest absolute Gasteiger partial charge is 0.278 e. The SMILES string of the molecule is COCCn1c(=O)c(-c2cn(C)c3ccccc23)nc2cnc(N3CCNCC3)nc21.